The summed E-state index contributed by atoms with van der Waals surface area (Å²) in [6, 6.07) is 20.8. The maximum atomic E-state index is 12.6. The Morgan fingerprint density at radius 2 is 1.48 bits per heavy atom. The van der Waals surface area contributed by atoms with Gasteiger partial charge in [-0.1, -0.05) is 62.4 Å². The minimum atomic E-state index is -3.48. The maximum absolute atomic E-state index is 12.6. The van der Waals surface area contributed by atoms with Crippen LogP contribution in [0.1, 0.15) is 25.0 Å². The van der Waals surface area contributed by atoms with Crippen molar-refractivity contribution in [2.75, 3.05) is 20.1 Å². The van der Waals surface area contributed by atoms with E-state index in [-0.39, 0.29) is 10.9 Å². The highest BCUT2D eigenvalue weighted by molar-refractivity contribution is 7.89. The molecule has 0 spiro atoms. The summed E-state index contributed by atoms with van der Waals surface area (Å²) in [6.45, 7) is 5.32. The molecule has 6 nitrogen and oxygen atoms in total. The average Bonchev–Trinajstić information content (AvgIpc) is 2.78. The molecule has 0 aromatic heterocycles. The lowest BCUT2D eigenvalue weighted by Crippen LogP contribution is -2.36. The molecule has 3 aromatic carbocycles. The van der Waals surface area contributed by atoms with Crippen LogP contribution in [0.4, 0.5) is 4.79 Å². The Kier molecular flexibility index (Phi) is 7.30. The number of urea groups is 1. The highest BCUT2D eigenvalue weighted by Crippen LogP contribution is 2.18. The predicted molar refractivity (Wildman–Crippen MR) is 124 cm³/mol. The van der Waals surface area contributed by atoms with Gasteiger partial charge in [-0.3, -0.25) is 0 Å². The molecule has 31 heavy (non-hydrogen) atoms. The highest BCUT2D eigenvalue weighted by Gasteiger charge is 2.21. The molecule has 0 bridgehead atoms. The molecule has 0 radical (unpaired) electrons. The fourth-order valence-corrected chi connectivity index (χ4v) is 4.95. The van der Waals surface area contributed by atoms with Crippen LogP contribution in [-0.2, 0) is 23.1 Å². The topological polar surface area (TPSA) is 69.7 Å². The molecule has 0 aliphatic rings. The summed E-state index contributed by atoms with van der Waals surface area (Å²) in [6.07, 6.45) is 0. The van der Waals surface area contributed by atoms with Crippen molar-refractivity contribution in [2.45, 2.75) is 31.8 Å². The molecule has 0 fully saturated rings. The Balaban J connectivity index is 1.58. The SMILES string of the molecule is CCN(CC)S(=O)(=O)c1ccc(CNC(=O)N(C)Cc2ccc3ccccc3c2)cc1. The summed E-state index contributed by atoms with van der Waals surface area (Å²) in [7, 11) is -1.72. The van der Waals surface area contributed by atoms with Gasteiger partial charge in [0.15, 0.2) is 0 Å². The number of carbonyl (C=O) groups is 1. The number of benzene rings is 3. The quantitative estimate of drug-likeness (QED) is 0.572. The van der Waals surface area contributed by atoms with Gasteiger partial charge in [-0.2, -0.15) is 4.31 Å². The van der Waals surface area contributed by atoms with E-state index in [1.165, 1.54) is 9.69 Å². The third-order valence-electron chi connectivity index (χ3n) is 5.29. The van der Waals surface area contributed by atoms with Gasteiger partial charge in [0, 0.05) is 33.2 Å². The monoisotopic (exact) mass is 439 g/mol. The Labute approximate surface area is 184 Å². The van der Waals surface area contributed by atoms with Crippen molar-refractivity contribution in [1.29, 1.82) is 0 Å². The second-order valence-electron chi connectivity index (χ2n) is 7.43. The van der Waals surface area contributed by atoms with E-state index >= 15 is 0 Å². The second kappa shape index (κ2) is 9.94. The van der Waals surface area contributed by atoms with Crippen LogP contribution in [0.2, 0.25) is 0 Å². The van der Waals surface area contributed by atoms with Gasteiger partial charge in [0.2, 0.25) is 10.0 Å². The number of sulfonamides is 1. The summed E-state index contributed by atoms with van der Waals surface area (Å²) < 4.78 is 26.6. The minimum absolute atomic E-state index is 0.187. The van der Waals surface area contributed by atoms with Crippen LogP contribution in [0.15, 0.2) is 71.6 Å². The minimum Gasteiger partial charge on any atom is -0.334 e. The number of hydrogen-bond acceptors (Lipinski definition) is 3. The van der Waals surface area contributed by atoms with Gasteiger partial charge in [-0.05, 0) is 40.1 Å². The standard InChI is InChI=1S/C24H29N3O3S/c1-4-27(5-2)31(29,30)23-14-11-19(12-15-23)17-25-24(28)26(3)18-20-10-13-21-8-6-7-9-22(21)16-20/h6-16H,4-5,17-18H2,1-3H3,(H,25,28). The van der Waals surface area contributed by atoms with E-state index in [0.717, 1.165) is 16.5 Å². The number of rotatable bonds is 8. The van der Waals surface area contributed by atoms with Crippen molar-refractivity contribution in [3.8, 4) is 0 Å². The first-order valence-electron chi connectivity index (χ1n) is 10.4. The largest absolute Gasteiger partial charge is 0.334 e. The van der Waals surface area contributed by atoms with Crippen LogP contribution in [0.25, 0.3) is 10.8 Å². The summed E-state index contributed by atoms with van der Waals surface area (Å²) >= 11 is 0. The molecule has 164 valence electrons. The van der Waals surface area contributed by atoms with Gasteiger partial charge in [0.05, 0.1) is 4.90 Å². The Bertz CT molecular complexity index is 1140. The summed E-state index contributed by atoms with van der Waals surface area (Å²) in [5.74, 6) is 0. The zero-order valence-corrected chi connectivity index (χ0v) is 19.0. The fourth-order valence-electron chi connectivity index (χ4n) is 3.49. The summed E-state index contributed by atoms with van der Waals surface area (Å²) in [5, 5.41) is 5.20. The van der Waals surface area contributed by atoms with Crippen LogP contribution < -0.4 is 5.32 Å². The lowest BCUT2D eigenvalue weighted by molar-refractivity contribution is 0.206. The van der Waals surface area contributed by atoms with Gasteiger partial charge in [-0.25, -0.2) is 13.2 Å². The first kappa shape index (κ1) is 22.8. The van der Waals surface area contributed by atoms with E-state index in [4.69, 9.17) is 0 Å². The number of nitrogens with zero attached hydrogens (tertiary/aromatic N) is 2. The Hall–Kier alpha value is -2.90. The Morgan fingerprint density at radius 1 is 0.871 bits per heavy atom. The number of carbonyl (C=O) groups excluding carboxylic acids is 1. The molecule has 1 N–H and O–H groups in total. The van der Waals surface area contributed by atoms with E-state index in [1.54, 1.807) is 36.2 Å². The lowest BCUT2D eigenvalue weighted by atomic mass is 10.1. The molecule has 0 saturated heterocycles. The van der Waals surface area contributed by atoms with E-state index < -0.39 is 10.0 Å². The van der Waals surface area contributed by atoms with Crippen LogP contribution in [0.3, 0.4) is 0 Å². The normalized spacial score (nSPS) is 11.6. The summed E-state index contributed by atoms with van der Waals surface area (Å²) in [4.78, 5) is 14.4. The van der Waals surface area contributed by atoms with Gasteiger partial charge >= 0.3 is 6.03 Å². The zero-order chi connectivity index (χ0) is 22.4. The van der Waals surface area contributed by atoms with E-state index in [2.05, 4.69) is 29.6 Å². The van der Waals surface area contributed by atoms with Gasteiger partial charge in [0.25, 0.3) is 0 Å². The molecule has 0 unspecified atom stereocenters. The van der Waals surface area contributed by atoms with Crippen LogP contribution in [-0.4, -0.2) is 43.8 Å². The predicted octanol–water partition coefficient (Wildman–Crippen LogP) is 4.21. The van der Waals surface area contributed by atoms with Crippen LogP contribution in [0, 0.1) is 0 Å². The molecular weight excluding hydrogens is 410 g/mol. The second-order valence-corrected chi connectivity index (χ2v) is 9.37. The average molecular weight is 440 g/mol. The lowest BCUT2D eigenvalue weighted by Gasteiger charge is -2.19. The highest BCUT2D eigenvalue weighted by atomic mass is 32.2. The first-order chi connectivity index (χ1) is 14.8. The van der Waals surface area contributed by atoms with Gasteiger partial charge < -0.3 is 10.2 Å². The molecular formula is C24H29N3O3S. The number of amides is 2. The van der Waals surface area contributed by atoms with E-state index in [1.807, 2.05) is 32.0 Å². The van der Waals surface area contributed by atoms with Crippen molar-refractivity contribution in [3.05, 3.63) is 77.9 Å². The Morgan fingerprint density at radius 3 is 2.13 bits per heavy atom. The van der Waals surface area contributed by atoms with Crippen molar-refractivity contribution in [3.63, 3.8) is 0 Å². The van der Waals surface area contributed by atoms with Crippen LogP contribution >= 0.6 is 0 Å². The maximum Gasteiger partial charge on any atom is 0.317 e. The van der Waals surface area contributed by atoms with E-state index in [9.17, 15) is 13.2 Å². The molecule has 0 aliphatic carbocycles. The molecule has 0 heterocycles. The van der Waals surface area contributed by atoms with Gasteiger partial charge in [0.1, 0.15) is 0 Å². The molecule has 3 aromatic rings. The van der Waals surface area contributed by atoms with Crippen molar-refractivity contribution >= 4 is 26.8 Å². The van der Waals surface area contributed by atoms with Crippen LogP contribution in [0.5, 0.6) is 0 Å². The van der Waals surface area contributed by atoms with Crippen molar-refractivity contribution in [2.24, 2.45) is 0 Å². The third-order valence-corrected chi connectivity index (χ3v) is 7.35. The van der Waals surface area contributed by atoms with E-state index in [0.29, 0.717) is 26.2 Å². The van der Waals surface area contributed by atoms with Gasteiger partial charge in [-0.15, -0.1) is 0 Å². The molecule has 7 heteroatoms. The number of nitrogens with one attached hydrogen (secondary N) is 1. The first-order valence-corrected chi connectivity index (χ1v) is 11.8. The molecule has 2 amide bonds. The smallest absolute Gasteiger partial charge is 0.317 e. The number of hydrogen-bond donors (Lipinski definition) is 1. The molecule has 0 aliphatic heterocycles. The molecule has 0 atom stereocenters. The third kappa shape index (κ3) is 5.42. The number of fused-ring (bicyclic) bond motifs is 1. The fraction of sp³-hybridized carbons (Fsp3) is 0.292. The van der Waals surface area contributed by atoms with Crippen molar-refractivity contribution < 1.29 is 13.2 Å². The molecule has 0 saturated carbocycles. The zero-order valence-electron chi connectivity index (χ0n) is 18.2. The van der Waals surface area contributed by atoms with Crippen molar-refractivity contribution in [1.82, 2.24) is 14.5 Å². The molecule has 3 rings (SSSR count). The summed E-state index contributed by atoms with van der Waals surface area (Å²) in [5.41, 5.74) is 1.90.